The molecule has 0 bridgehead atoms. The lowest BCUT2D eigenvalue weighted by atomic mass is 9.55. The lowest BCUT2D eigenvalue weighted by Crippen LogP contribution is -2.68. The maximum absolute atomic E-state index is 14.3. The van der Waals surface area contributed by atoms with Gasteiger partial charge in [0.05, 0.1) is 49.1 Å². The number of piperidine rings is 2. The summed E-state index contributed by atoms with van der Waals surface area (Å²) in [5.74, 6) is -2.38. The number of ketones is 2. The van der Waals surface area contributed by atoms with Crippen LogP contribution in [0.1, 0.15) is 77.0 Å². The lowest BCUT2D eigenvalue weighted by molar-refractivity contribution is -0.346. The number of hydrogen-bond acceptors (Lipinski definition) is 14. The first-order valence-corrected chi connectivity index (χ1v) is 18.7. The summed E-state index contributed by atoms with van der Waals surface area (Å²) in [6.07, 6.45) is -0.931. The van der Waals surface area contributed by atoms with Gasteiger partial charge >= 0.3 is 0 Å². The third-order valence-electron chi connectivity index (χ3n) is 13.1. The molecule has 17 unspecified atom stereocenters. The highest BCUT2D eigenvalue weighted by Gasteiger charge is 2.60. The third kappa shape index (κ3) is 7.81. The van der Waals surface area contributed by atoms with Gasteiger partial charge in [0, 0.05) is 25.4 Å². The van der Waals surface area contributed by atoms with E-state index in [1.807, 2.05) is 0 Å². The molecule has 14 heteroatoms. The molecule has 6 fully saturated rings. The minimum Gasteiger partial charge on any atom is -0.394 e. The number of aliphatic hydroxyl groups excluding tert-OH is 4. The minimum absolute atomic E-state index is 0.0401. The van der Waals surface area contributed by atoms with Gasteiger partial charge in [0.2, 0.25) is 0 Å². The minimum atomic E-state index is -1.94. The topological polar surface area (TPSA) is 239 Å². The van der Waals surface area contributed by atoms with E-state index in [4.69, 9.17) is 25.7 Å². The Hall–Kier alpha value is -1.14. The van der Waals surface area contributed by atoms with Crippen LogP contribution < -0.4 is 22.1 Å². The molecule has 0 aromatic carbocycles. The molecule has 0 spiro atoms. The summed E-state index contributed by atoms with van der Waals surface area (Å²) >= 11 is 0. The van der Waals surface area contributed by atoms with Gasteiger partial charge in [-0.25, -0.2) is 0 Å². The van der Waals surface area contributed by atoms with E-state index in [0.717, 1.165) is 45.2 Å². The number of carbonyl (C=O) groups excluding carboxylic acids is 2. The van der Waals surface area contributed by atoms with Gasteiger partial charge in [0.25, 0.3) is 0 Å². The molecule has 6 aliphatic rings. The van der Waals surface area contributed by atoms with E-state index >= 15 is 0 Å². The van der Waals surface area contributed by atoms with E-state index in [0.29, 0.717) is 38.0 Å². The number of nitrogens with two attached hydrogens (primary N) is 2. The number of hydrogen-bond donors (Lipinski definition) is 9. The van der Waals surface area contributed by atoms with Gasteiger partial charge < -0.3 is 61.8 Å². The average Bonchev–Trinajstić information content (AvgIpc) is 3.09. The molecule has 3 aliphatic heterocycles. The Morgan fingerprint density at radius 2 is 1.61 bits per heavy atom. The summed E-state index contributed by atoms with van der Waals surface area (Å²) in [6, 6.07) is 0. The largest absolute Gasteiger partial charge is 0.394 e. The van der Waals surface area contributed by atoms with Crippen LogP contribution in [0.3, 0.4) is 0 Å². The maximum atomic E-state index is 14.3. The molecular formula is C35H60N4O10. The Balaban J connectivity index is 1.13. The Kier molecular flexibility index (Phi) is 12.2. The number of aliphatic hydroxyl groups is 5. The van der Waals surface area contributed by atoms with Crippen molar-refractivity contribution < 1.29 is 49.3 Å². The van der Waals surface area contributed by atoms with Gasteiger partial charge in [-0.1, -0.05) is 6.42 Å². The first kappa shape index (κ1) is 37.6. The van der Waals surface area contributed by atoms with Crippen molar-refractivity contribution in [2.24, 2.45) is 52.9 Å². The van der Waals surface area contributed by atoms with Crippen molar-refractivity contribution in [2.45, 2.75) is 138 Å². The monoisotopic (exact) mass is 696 g/mol. The molecule has 3 heterocycles. The highest BCUT2D eigenvalue weighted by molar-refractivity contribution is 6.00. The Morgan fingerprint density at radius 3 is 2.31 bits per heavy atom. The second-order valence-corrected chi connectivity index (χ2v) is 16.1. The number of methoxy groups -OCH3 is 1. The summed E-state index contributed by atoms with van der Waals surface area (Å²) < 4.78 is 18.0. The van der Waals surface area contributed by atoms with Crippen LogP contribution in [0.2, 0.25) is 0 Å². The van der Waals surface area contributed by atoms with Crippen molar-refractivity contribution >= 4 is 11.6 Å². The second kappa shape index (κ2) is 15.8. The highest BCUT2D eigenvalue weighted by Crippen LogP contribution is 2.50. The van der Waals surface area contributed by atoms with Gasteiger partial charge in [-0.2, -0.15) is 0 Å². The van der Waals surface area contributed by atoms with Gasteiger partial charge in [0.15, 0.2) is 6.29 Å². The van der Waals surface area contributed by atoms with Gasteiger partial charge in [-0.3, -0.25) is 9.59 Å². The first-order valence-electron chi connectivity index (χ1n) is 18.7. The van der Waals surface area contributed by atoms with Crippen LogP contribution in [-0.4, -0.2) is 125 Å². The standard InChI is InChI=1S/C35H60N4O10/c1-47-20-13-22-29(31(43)28-21(30(22)42)10-19(11-23(28)41)3-2-18-4-5-26(36)39-15-18)24(14-20)48-34-32(44)33(45)35(46,25(16-40)49-34)8-6-17-7-9-38-27(37)12-17/h17-29,32-34,38-41,44-46H,2-16,36-37H2,1H3. The predicted octanol–water partition coefficient (Wildman–Crippen LogP) is -1.13. The van der Waals surface area contributed by atoms with E-state index < -0.39 is 78.8 Å². The predicted molar refractivity (Wildman–Crippen MR) is 176 cm³/mol. The van der Waals surface area contributed by atoms with Crippen molar-refractivity contribution in [3.8, 4) is 0 Å². The smallest absolute Gasteiger partial charge is 0.187 e. The zero-order valence-electron chi connectivity index (χ0n) is 28.8. The summed E-state index contributed by atoms with van der Waals surface area (Å²) in [5, 5.41) is 62.2. The van der Waals surface area contributed by atoms with E-state index in [1.165, 1.54) is 0 Å². The van der Waals surface area contributed by atoms with Crippen molar-refractivity contribution in [3.63, 3.8) is 0 Å². The Morgan fingerprint density at radius 1 is 0.857 bits per heavy atom. The maximum Gasteiger partial charge on any atom is 0.187 e. The molecule has 17 atom stereocenters. The number of fused-ring (bicyclic) bond motifs is 2. The second-order valence-electron chi connectivity index (χ2n) is 16.1. The lowest BCUT2D eigenvalue weighted by Gasteiger charge is -2.52. The molecule has 0 amide bonds. The quantitative estimate of drug-likeness (QED) is 0.131. The van der Waals surface area contributed by atoms with E-state index in [2.05, 4.69) is 10.6 Å². The average molecular weight is 697 g/mol. The fourth-order valence-electron chi connectivity index (χ4n) is 10.1. The SMILES string of the molecule is COC1CC(OC2OC(CO)C(O)(CCC3CCNC(N)C3)C(O)C2O)C2C(=O)C3C(O)CC(CCC4CCC(N)NC4)CC3C(=O)C2C1. The van der Waals surface area contributed by atoms with Crippen molar-refractivity contribution in [3.05, 3.63) is 0 Å². The van der Waals surface area contributed by atoms with E-state index in [9.17, 15) is 35.1 Å². The molecule has 3 saturated carbocycles. The van der Waals surface area contributed by atoms with Gasteiger partial charge in [0.1, 0.15) is 35.5 Å². The molecule has 280 valence electrons. The molecule has 14 nitrogen and oxygen atoms in total. The summed E-state index contributed by atoms with van der Waals surface area (Å²) in [7, 11) is 1.54. The molecule has 11 N–H and O–H groups in total. The fourth-order valence-corrected chi connectivity index (χ4v) is 10.1. The van der Waals surface area contributed by atoms with E-state index in [1.54, 1.807) is 7.11 Å². The third-order valence-corrected chi connectivity index (χ3v) is 13.1. The van der Waals surface area contributed by atoms with Gasteiger partial charge in [-0.05, 0) is 95.1 Å². The van der Waals surface area contributed by atoms with Crippen LogP contribution in [0.5, 0.6) is 0 Å². The first-order chi connectivity index (χ1) is 23.4. The Bertz CT molecular complexity index is 1140. The van der Waals surface area contributed by atoms with Crippen LogP contribution in [0, 0.1) is 41.4 Å². The van der Waals surface area contributed by atoms with Crippen LogP contribution in [0.15, 0.2) is 0 Å². The molecule has 6 rings (SSSR count). The van der Waals surface area contributed by atoms with Gasteiger partial charge in [-0.15, -0.1) is 0 Å². The van der Waals surface area contributed by atoms with Crippen molar-refractivity contribution in [1.29, 1.82) is 0 Å². The number of Topliss-reactive ketones (excluding diaryl/α,β-unsaturated/α-hetero) is 2. The molecule has 49 heavy (non-hydrogen) atoms. The number of ether oxygens (including phenoxy) is 3. The number of carbonyl (C=O) groups is 2. The molecule has 0 aromatic heterocycles. The number of nitrogens with one attached hydrogen (secondary N) is 2. The van der Waals surface area contributed by atoms with Crippen molar-refractivity contribution in [1.82, 2.24) is 10.6 Å². The molecule has 3 saturated heterocycles. The van der Waals surface area contributed by atoms with Crippen LogP contribution >= 0.6 is 0 Å². The number of rotatable bonds is 10. The zero-order chi connectivity index (χ0) is 35.0. The zero-order valence-corrected chi connectivity index (χ0v) is 28.8. The molecule has 0 aromatic rings. The summed E-state index contributed by atoms with van der Waals surface area (Å²) in [5.41, 5.74) is 10.1. The molecular weight excluding hydrogens is 636 g/mol. The normalized spacial score (nSPS) is 49.3. The molecule has 3 aliphatic carbocycles. The van der Waals surface area contributed by atoms with Crippen LogP contribution in [-0.2, 0) is 23.8 Å². The van der Waals surface area contributed by atoms with Crippen LogP contribution in [0.25, 0.3) is 0 Å². The Labute approximate surface area is 289 Å². The summed E-state index contributed by atoms with van der Waals surface area (Å²) in [4.78, 5) is 28.5. The van der Waals surface area contributed by atoms with E-state index in [-0.39, 0.29) is 48.6 Å². The fraction of sp³-hybridized carbons (Fsp3) is 0.943. The van der Waals surface area contributed by atoms with Crippen molar-refractivity contribution in [2.75, 3.05) is 26.8 Å². The highest BCUT2D eigenvalue weighted by atomic mass is 16.7. The van der Waals surface area contributed by atoms with Crippen LogP contribution in [0.4, 0.5) is 0 Å². The molecule has 0 radical (unpaired) electrons. The summed E-state index contributed by atoms with van der Waals surface area (Å²) in [6.45, 7) is 0.973.